The topological polar surface area (TPSA) is 65.4 Å². The van der Waals surface area contributed by atoms with Crippen molar-refractivity contribution in [3.8, 4) is 11.5 Å². The van der Waals surface area contributed by atoms with Gasteiger partial charge in [0.15, 0.2) is 11.5 Å². The Kier molecular flexibility index (Phi) is 5.35. The summed E-state index contributed by atoms with van der Waals surface area (Å²) >= 11 is 0. The first-order valence-electron chi connectivity index (χ1n) is 8.88. The predicted octanol–water partition coefficient (Wildman–Crippen LogP) is 3.54. The molecule has 0 bridgehead atoms. The molecule has 0 aliphatic rings. The van der Waals surface area contributed by atoms with Crippen LogP contribution in [0.3, 0.4) is 0 Å². The van der Waals surface area contributed by atoms with Gasteiger partial charge in [0.1, 0.15) is 19.0 Å². The van der Waals surface area contributed by atoms with Gasteiger partial charge in [-0.2, -0.15) is 0 Å². The molecule has 0 aliphatic carbocycles. The number of amides is 1. The molecule has 3 rings (SSSR count). The summed E-state index contributed by atoms with van der Waals surface area (Å²) in [6.07, 6.45) is 0. The van der Waals surface area contributed by atoms with Gasteiger partial charge in [0.25, 0.3) is 0 Å². The van der Waals surface area contributed by atoms with Gasteiger partial charge >= 0.3 is 0 Å². The third-order valence-corrected chi connectivity index (χ3v) is 3.98. The second-order valence-corrected chi connectivity index (χ2v) is 7.34. The zero-order valence-electron chi connectivity index (χ0n) is 16.2. The molecule has 0 fully saturated rings. The Morgan fingerprint density at radius 1 is 1.07 bits per heavy atom. The van der Waals surface area contributed by atoms with Gasteiger partial charge in [-0.15, -0.1) is 0 Å². The van der Waals surface area contributed by atoms with E-state index in [4.69, 9.17) is 9.47 Å². The Labute approximate surface area is 159 Å². The Morgan fingerprint density at radius 3 is 2.44 bits per heavy atom. The molecular formula is C21H25N3O3. The minimum Gasteiger partial charge on any atom is -0.493 e. The molecule has 0 radical (unpaired) electrons. The van der Waals surface area contributed by atoms with E-state index in [1.165, 1.54) is 0 Å². The number of hydrogen-bond donors (Lipinski definition) is 1. The maximum Gasteiger partial charge on any atom is 0.240 e. The molecular weight excluding hydrogens is 342 g/mol. The monoisotopic (exact) mass is 367 g/mol. The summed E-state index contributed by atoms with van der Waals surface area (Å²) in [5, 5.41) is 2.99. The zero-order chi connectivity index (χ0) is 19.4. The molecule has 27 heavy (non-hydrogen) atoms. The van der Waals surface area contributed by atoms with Crippen LogP contribution in [-0.2, 0) is 17.9 Å². The highest BCUT2D eigenvalue weighted by atomic mass is 16.5. The van der Waals surface area contributed by atoms with Crippen molar-refractivity contribution in [2.24, 2.45) is 0 Å². The Balaban J connectivity index is 1.87. The molecule has 0 saturated carbocycles. The summed E-state index contributed by atoms with van der Waals surface area (Å²) in [6, 6.07) is 15.2. The zero-order valence-corrected chi connectivity index (χ0v) is 16.2. The molecule has 142 valence electrons. The Morgan fingerprint density at radius 2 is 1.74 bits per heavy atom. The predicted molar refractivity (Wildman–Crippen MR) is 105 cm³/mol. The van der Waals surface area contributed by atoms with Gasteiger partial charge in [-0.1, -0.05) is 24.3 Å². The fraction of sp³-hybridized carbons (Fsp3) is 0.333. The second-order valence-electron chi connectivity index (χ2n) is 7.34. The number of fused-ring (bicyclic) bond motifs is 1. The molecule has 6 nitrogen and oxygen atoms in total. The van der Waals surface area contributed by atoms with E-state index >= 15 is 0 Å². The molecule has 0 atom stereocenters. The average molecular weight is 367 g/mol. The van der Waals surface area contributed by atoms with Crippen molar-refractivity contribution in [1.29, 1.82) is 0 Å². The lowest BCUT2D eigenvalue weighted by Gasteiger charge is -2.21. The van der Waals surface area contributed by atoms with Crippen LogP contribution in [0.4, 0.5) is 0 Å². The smallest absolute Gasteiger partial charge is 0.240 e. The van der Waals surface area contributed by atoms with Crippen molar-refractivity contribution in [2.45, 2.75) is 39.5 Å². The molecule has 0 aliphatic heterocycles. The summed E-state index contributed by atoms with van der Waals surface area (Å²) in [5.74, 6) is 1.92. The van der Waals surface area contributed by atoms with Crippen molar-refractivity contribution >= 4 is 16.9 Å². The number of nitrogens with one attached hydrogen (secondary N) is 1. The number of para-hydroxylation sites is 4. The lowest BCUT2D eigenvalue weighted by atomic mass is 10.1. The van der Waals surface area contributed by atoms with Crippen LogP contribution in [0.2, 0.25) is 0 Å². The van der Waals surface area contributed by atoms with Gasteiger partial charge in [-0.25, -0.2) is 4.98 Å². The Bertz CT molecular complexity index is 941. The molecule has 6 heteroatoms. The van der Waals surface area contributed by atoms with Crippen molar-refractivity contribution < 1.29 is 14.3 Å². The van der Waals surface area contributed by atoms with Crippen LogP contribution in [-0.4, -0.2) is 28.1 Å². The maximum absolute atomic E-state index is 12.5. The average Bonchev–Trinajstić information content (AvgIpc) is 2.96. The van der Waals surface area contributed by atoms with Crippen molar-refractivity contribution in [1.82, 2.24) is 14.9 Å². The molecule has 1 aromatic heterocycles. The van der Waals surface area contributed by atoms with E-state index in [0.717, 1.165) is 11.0 Å². The highest BCUT2D eigenvalue weighted by Gasteiger charge is 2.18. The number of ether oxygens (including phenoxy) is 2. The molecule has 3 aromatic rings. The fourth-order valence-electron chi connectivity index (χ4n) is 2.89. The van der Waals surface area contributed by atoms with E-state index in [-0.39, 0.29) is 24.6 Å². The molecule has 1 amide bonds. The van der Waals surface area contributed by atoms with Crippen LogP contribution in [0.5, 0.6) is 11.5 Å². The largest absolute Gasteiger partial charge is 0.493 e. The van der Waals surface area contributed by atoms with Gasteiger partial charge in [0, 0.05) is 5.54 Å². The number of hydrogen-bond acceptors (Lipinski definition) is 4. The second kappa shape index (κ2) is 7.70. The highest BCUT2D eigenvalue weighted by molar-refractivity contribution is 5.81. The van der Waals surface area contributed by atoms with E-state index < -0.39 is 0 Å². The maximum atomic E-state index is 12.5. The van der Waals surface area contributed by atoms with Crippen molar-refractivity contribution in [3.05, 3.63) is 54.4 Å². The SMILES string of the molecule is COc1ccccc1OCc1nc2ccccc2n1CC(=O)NC(C)(C)C. The summed E-state index contributed by atoms with van der Waals surface area (Å²) in [6.45, 7) is 6.30. The van der Waals surface area contributed by atoms with Gasteiger partial charge < -0.3 is 19.4 Å². The van der Waals surface area contributed by atoms with E-state index in [2.05, 4.69) is 10.3 Å². The number of benzene rings is 2. The van der Waals surface area contributed by atoms with E-state index in [1.54, 1.807) is 7.11 Å². The normalized spacial score (nSPS) is 11.4. The van der Waals surface area contributed by atoms with E-state index in [1.807, 2.05) is 73.9 Å². The van der Waals surface area contributed by atoms with E-state index in [9.17, 15) is 4.79 Å². The third kappa shape index (κ3) is 4.58. The van der Waals surface area contributed by atoms with Crippen LogP contribution in [0.1, 0.15) is 26.6 Å². The number of aromatic nitrogens is 2. The van der Waals surface area contributed by atoms with Gasteiger partial charge in [-0.3, -0.25) is 4.79 Å². The lowest BCUT2D eigenvalue weighted by Crippen LogP contribution is -2.42. The van der Waals surface area contributed by atoms with Crippen molar-refractivity contribution in [3.63, 3.8) is 0 Å². The summed E-state index contributed by atoms with van der Waals surface area (Å²) < 4.78 is 13.1. The van der Waals surface area contributed by atoms with E-state index in [0.29, 0.717) is 17.3 Å². The van der Waals surface area contributed by atoms with Gasteiger partial charge in [-0.05, 0) is 45.0 Å². The van der Waals surface area contributed by atoms with Crippen LogP contribution in [0.25, 0.3) is 11.0 Å². The minimum atomic E-state index is -0.290. The first kappa shape index (κ1) is 18.8. The molecule has 1 N–H and O–H groups in total. The first-order valence-corrected chi connectivity index (χ1v) is 8.88. The van der Waals surface area contributed by atoms with Crippen molar-refractivity contribution in [2.75, 3.05) is 7.11 Å². The third-order valence-electron chi connectivity index (χ3n) is 3.98. The van der Waals surface area contributed by atoms with Gasteiger partial charge in [0.2, 0.25) is 5.91 Å². The molecule has 0 spiro atoms. The summed E-state index contributed by atoms with van der Waals surface area (Å²) in [5.41, 5.74) is 1.45. The molecule has 0 saturated heterocycles. The van der Waals surface area contributed by atoms with Crippen LogP contribution < -0.4 is 14.8 Å². The summed E-state index contributed by atoms with van der Waals surface area (Å²) in [4.78, 5) is 17.1. The highest BCUT2D eigenvalue weighted by Crippen LogP contribution is 2.27. The number of nitrogens with zero attached hydrogens (tertiary/aromatic N) is 2. The van der Waals surface area contributed by atoms with Crippen LogP contribution >= 0.6 is 0 Å². The fourth-order valence-corrected chi connectivity index (χ4v) is 2.89. The number of carbonyl (C=O) groups is 1. The number of methoxy groups -OCH3 is 1. The molecule has 1 heterocycles. The van der Waals surface area contributed by atoms with Crippen LogP contribution in [0.15, 0.2) is 48.5 Å². The summed E-state index contributed by atoms with van der Waals surface area (Å²) in [7, 11) is 1.61. The number of carbonyl (C=O) groups excluding carboxylic acids is 1. The quantitative estimate of drug-likeness (QED) is 0.724. The lowest BCUT2D eigenvalue weighted by molar-refractivity contribution is -0.123. The first-order chi connectivity index (χ1) is 12.9. The Hall–Kier alpha value is -3.02. The number of rotatable bonds is 6. The molecule has 2 aromatic carbocycles. The van der Waals surface area contributed by atoms with Gasteiger partial charge in [0.05, 0.1) is 18.1 Å². The minimum absolute atomic E-state index is 0.0656. The molecule has 0 unspecified atom stereocenters. The standard InChI is InChI=1S/C21H25N3O3/c1-21(2,3)23-20(25)13-24-16-10-6-5-9-15(16)22-19(24)14-27-18-12-8-7-11-17(18)26-4/h5-12H,13-14H2,1-4H3,(H,23,25). The number of imidazole rings is 1. The van der Waals surface area contributed by atoms with Crippen LogP contribution in [0, 0.1) is 0 Å².